The van der Waals surface area contributed by atoms with Crippen LogP contribution in [0.2, 0.25) is 0 Å². The number of hydrogen-bond acceptors (Lipinski definition) is 4. The second-order valence-electron chi connectivity index (χ2n) is 6.13. The summed E-state index contributed by atoms with van der Waals surface area (Å²) in [5.41, 5.74) is 0. The number of nitrogens with zero attached hydrogens (tertiary/aromatic N) is 1. The number of aliphatic hydroxyl groups is 1. The lowest BCUT2D eigenvalue weighted by Crippen LogP contribution is -2.49. The highest BCUT2D eigenvalue weighted by molar-refractivity contribution is 5.78. The first-order chi connectivity index (χ1) is 11.1. The molecule has 2 aliphatic heterocycles. The number of likely N-dealkylation sites (tertiary alicyclic amines) is 1. The third-order valence-electron chi connectivity index (χ3n) is 4.65. The largest absolute Gasteiger partial charge is 0.484 e. The summed E-state index contributed by atoms with van der Waals surface area (Å²) in [4.78, 5) is 14.2. The normalized spacial score (nSPS) is 27.9. The molecular formula is C17H22FNO4. The highest BCUT2D eigenvalue weighted by Gasteiger charge is 2.39. The van der Waals surface area contributed by atoms with Gasteiger partial charge in [-0.05, 0) is 43.5 Å². The lowest BCUT2D eigenvalue weighted by Gasteiger charge is -2.36. The molecule has 3 atom stereocenters. The van der Waals surface area contributed by atoms with Crippen molar-refractivity contribution in [2.24, 2.45) is 5.92 Å². The van der Waals surface area contributed by atoms with Crippen LogP contribution in [0.5, 0.6) is 5.75 Å². The minimum absolute atomic E-state index is 0.00891. The van der Waals surface area contributed by atoms with E-state index >= 15 is 0 Å². The molecular weight excluding hydrogens is 301 g/mol. The fourth-order valence-corrected chi connectivity index (χ4v) is 3.42. The molecule has 0 saturated carbocycles. The maximum Gasteiger partial charge on any atom is 0.260 e. The van der Waals surface area contributed by atoms with Crippen molar-refractivity contribution in [1.82, 2.24) is 4.90 Å². The van der Waals surface area contributed by atoms with Crippen molar-refractivity contribution < 1.29 is 23.8 Å². The molecule has 2 heterocycles. The van der Waals surface area contributed by atoms with Crippen LogP contribution < -0.4 is 4.74 Å². The highest BCUT2D eigenvalue weighted by atomic mass is 19.1. The van der Waals surface area contributed by atoms with Crippen LogP contribution in [-0.2, 0) is 9.53 Å². The van der Waals surface area contributed by atoms with E-state index in [1.165, 1.54) is 24.3 Å². The summed E-state index contributed by atoms with van der Waals surface area (Å²) >= 11 is 0. The van der Waals surface area contributed by atoms with Gasteiger partial charge < -0.3 is 19.5 Å². The molecule has 0 spiro atoms. The lowest BCUT2D eigenvalue weighted by molar-refractivity contribution is -0.138. The van der Waals surface area contributed by atoms with E-state index in [-0.39, 0.29) is 30.3 Å². The predicted molar refractivity (Wildman–Crippen MR) is 81.6 cm³/mol. The predicted octanol–water partition coefficient (Wildman–Crippen LogP) is 1.59. The van der Waals surface area contributed by atoms with Crippen LogP contribution in [0.1, 0.15) is 19.3 Å². The number of rotatable bonds is 4. The van der Waals surface area contributed by atoms with Crippen LogP contribution in [0.4, 0.5) is 4.39 Å². The van der Waals surface area contributed by atoms with Gasteiger partial charge in [0.1, 0.15) is 11.6 Å². The Morgan fingerprint density at radius 2 is 2.13 bits per heavy atom. The van der Waals surface area contributed by atoms with E-state index < -0.39 is 6.10 Å². The van der Waals surface area contributed by atoms with Crippen molar-refractivity contribution in [3.05, 3.63) is 30.1 Å². The molecule has 2 fully saturated rings. The van der Waals surface area contributed by atoms with E-state index in [2.05, 4.69) is 0 Å². The van der Waals surface area contributed by atoms with Crippen molar-refractivity contribution in [2.45, 2.75) is 31.4 Å². The van der Waals surface area contributed by atoms with E-state index in [4.69, 9.17) is 9.47 Å². The third kappa shape index (κ3) is 3.82. The summed E-state index contributed by atoms with van der Waals surface area (Å²) in [5.74, 6) is 0.00159. The first-order valence-corrected chi connectivity index (χ1v) is 8.09. The van der Waals surface area contributed by atoms with Gasteiger partial charge in [0.05, 0.1) is 12.7 Å². The number of amides is 1. The Morgan fingerprint density at radius 1 is 1.35 bits per heavy atom. The van der Waals surface area contributed by atoms with Gasteiger partial charge in [0.2, 0.25) is 0 Å². The molecule has 126 valence electrons. The van der Waals surface area contributed by atoms with E-state index in [1.54, 1.807) is 4.90 Å². The topological polar surface area (TPSA) is 59.0 Å². The third-order valence-corrected chi connectivity index (χ3v) is 4.65. The maximum absolute atomic E-state index is 12.9. The van der Waals surface area contributed by atoms with E-state index in [0.29, 0.717) is 31.9 Å². The first-order valence-electron chi connectivity index (χ1n) is 8.09. The molecule has 0 aromatic heterocycles. The van der Waals surface area contributed by atoms with Crippen molar-refractivity contribution in [3.63, 3.8) is 0 Å². The fourth-order valence-electron chi connectivity index (χ4n) is 3.42. The molecule has 3 unspecified atom stereocenters. The number of ether oxygens (including phenoxy) is 2. The smallest absolute Gasteiger partial charge is 0.260 e. The molecule has 0 radical (unpaired) electrons. The quantitative estimate of drug-likeness (QED) is 0.914. The van der Waals surface area contributed by atoms with Gasteiger partial charge in [-0.1, -0.05) is 0 Å². The van der Waals surface area contributed by atoms with Gasteiger partial charge in [-0.2, -0.15) is 0 Å². The highest BCUT2D eigenvalue weighted by Crippen LogP contribution is 2.30. The van der Waals surface area contributed by atoms with Gasteiger partial charge in [-0.25, -0.2) is 4.39 Å². The van der Waals surface area contributed by atoms with Gasteiger partial charge in [0.25, 0.3) is 5.91 Å². The van der Waals surface area contributed by atoms with E-state index in [1.807, 2.05) is 0 Å². The van der Waals surface area contributed by atoms with Crippen molar-refractivity contribution in [1.29, 1.82) is 0 Å². The van der Waals surface area contributed by atoms with Crippen LogP contribution in [0.25, 0.3) is 0 Å². The van der Waals surface area contributed by atoms with Gasteiger partial charge in [0, 0.05) is 25.1 Å². The van der Waals surface area contributed by atoms with Crippen molar-refractivity contribution in [3.8, 4) is 5.75 Å². The van der Waals surface area contributed by atoms with E-state index in [0.717, 1.165) is 12.8 Å². The molecule has 0 bridgehead atoms. The summed E-state index contributed by atoms with van der Waals surface area (Å²) in [6.07, 6.45) is 2.01. The molecule has 2 saturated heterocycles. The molecule has 6 heteroatoms. The molecule has 1 N–H and O–H groups in total. The van der Waals surface area contributed by atoms with Crippen LogP contribution in [0.3, 0.4) is 0 Å². The Labute approximate surface area is 135 Å². The number of aliphatic hydroxyl groups excluding tert-OH is 1. The summed E-state index contributed by atoms with van der Waals surface area (Å²) in [7, 11) is 0. The number of carbonyl (C=O) groups is 1. The van der Waals surface area contributed by atoms with Crippen LogP contribution in [-0.4, -0.2) is 54.4 Å². The minimum atomic E-state index is -0.417. The zero-order chi connectivity index (χ0) is 16.2. The summed E-state index contributed by atoms with van der Waals surface area (Å²) in [6.45, 7) is 1.67. The van der Waals surface area contributed by atoms with Crippen molar-refractivity contribution >= 4 is 5.91 Å². The van der Waals surface area contributed by atoms with Crippen LogP contribution >= 0.6 is 0 Å². The average molecular weight is 323 g/mol. The van der Waals surface area contributed by atoms with Gasteiger partial charge in [0.15, 0.2) is 6.61 Å². The number of benzene rings is 1. The Kier molecular flexibility index (Phi) is 5.13. The molecule has 1 aromatic carbocycles. The molecule has 5 nitrogen and oxygen atoms in total. The minimum Gasteiger partial charge on any atom is -0.484 e. The Hall–Kier alpha value is -1.66. The zero-order valence-electron chi connectivity index (χ0n) is 13.0. The Morgan fingerprint density at radius 3 is 2.87 bits per heavy atom. The maximum atomic E-state index is 12.9. The average Bonchev–Trinajstić information content (AvgIpc) is 3.04. The molecule has 3 rings (SSSR count). The summed E-state index contributed by atoms with van der Waals surface area (Å²) < 4.78 is 23.8. The number of carbonyl (C=O) groups excluding carboxylic acids is 1. The summed E-state index contributed by atoms with van der Waals surface area (Å²) in [5, 5.41) is 10.2. The summed E-state index contributed by atoms with van der Waals surface area (Å²) in [6, 6.07) is 5.61. The monoisotopic (exact) mass is 323 g/mol. The van der Waals surface area contributed by atoms with Gasteiger partial charge in [-0.15, -0.1) is 0 Å². The molecule has 2 aliphatic rings. The number of hydrogen-bond donors (Lipinski definition) is 1. The molecule has 0 aliphatic carbocycles. The second kappa shape index (κ2) is 7.27. The molecule has 23 heavy (non-hydrogen) atoms. The Bertz CT molecular complexity index is 536. The molecule has 1 aromatic rings. The fraction of sp³-hybridized carbons (Fsp3) is 0.588. The first kappa shape index (κ1) is 16.2. The number of halogens is 1. The lowest BCUT2D eigenvalue weighted by atomic mass is 9.89. The van der Waals surface area contributed by atoms with E-state index in [9.17, 15) is 14.3 Å². The SMILES string of the molecule is O=C(COc1ccc(F)cc1)N1CCCC1C1COCCC1O. The second-order valence-corrected chi connectivity index (χ2v) is 6.13. The standard InChI is InChI=1S/C17H22FNO4/c18-12-3-5-13(6-4-12)23-11-17(21)19-8-1-2-15(19)14-10-22-9-7-16(14)20/h3-6,14-16,20H,1-2,7-11H2. The van der Waals surface area contributed by atoms with Gasteiger partial charge in [-0.3, -0.25) is 4.79 Å². The van der Waals surface area contributed by atoms with Crippen molar-refractivity contribution in [2.75, 3.05) is 26.4 Å². The zero-order valence-corrected chi connectivity index (χ0v) is 13.0. The van der Waals surface area contributed by atoms with Crippen LogP contribution in [0, 0.1) is 11.7 Å². The van der Waals surface area contributed by atoms with Gasteiger partial charge >= 0.3 is 0 Å². The molecule has 1 amide bonds. The Balaban J connectivity index is 1.58. The van der Waals surface area contributed by atoms with Crippen LogP contribution in [0.15, 0.2) is 24.3 Å².